The quantitative estimate of drug-likeness (QED) is 0.731. The predicted molar refractivity (Wildman–Crippen MR) is 62.4 cm³/mol. The number of rotatable bonds is 2. The van der Waals surface area contributed by atoms with E-state index in [-0.39, 0.29) is 0 Å². The molecule has 0 spiro atoms. The van der Waals surface area contributed by atoms with Crippen LogP contribution in [0.4, 0.5) is 0 Å². The van der Waals surface area contributed by atoms with Gasteiger partial charge < -0.3 is 5.73 Å². The molecule has 1 aromatic heterocycles. The Balaban J connectivity index is 2.67. The summed E-state index contributed by atoms with van der Waals surface area (Å²) >= 11 is 6.06. The van der Waals surface area contributed by atoms with Gasteiger partial charge in [-0.3, -0.25) is 0 Å². The smallest absolute Gasteiger partial charge is 0.0390 e. The molecule has 3 heteroatoms. The average molecular weight is 209 g/mol. The standard InChI is InChI=1S/C10H11NS2/c11-5-8-3-1-2-7-4-9(6-12)13-10(7)8/h1-4,12H,5-6,11H2. The number of fused-ring (bicyclic) bond motifs is 1. The summed E-state index contributed by atoms with van der Waals surface area (Å²) < 4.78 is 1.31. The molecule has 1 heterocycles. The van der Waals surface area contributed by atoms with E-state index >= 15 is 0 Å². The zero-order valence-electron chi connectivity index (χ0n) is 7.16. The van der Waals surface area contributed by atoms with Gasteiger partial charge in [0.2, 0.25) is 0 Å². The van der Waals surface area contributed by atoms with Crippen LogP contribution >= 0.6 is 24.0 Å². The Kier molecular flexibility index (Phi) is 2.58. The van der Waals surface area contributed by atoms with Crippen LogP contribution in [0.3, 0.4) is 0 Å². The fourth-order valence-corrected chi connectivity index (χ4v) is 2.74. The molecule has 0 saturated carbocycles. The molecule has 1 nitrogen and oxygen atoms in total. The molecule has 2 aromatic rings. The van der Waals surface area contributed by atoms with Crippen molar-refractivity contribution in [1.29, 1.82) is 0 Å². The van der Waals surface area contributed by atoms with E-state index in [2.05, 4.69) is 36.9 Å². The van der Waals surface area contributed by atoms with Crippen molar-refractivity contribution in [3.63, 3.8) is 0 Å². The Labute approximate surface area is 87.0 Å². The molecule has 0 saturated heterocycles. The normalized spacial score (nSPS) is 10.9. The minimum Gasteiger partial charge on any atom is -0.326 e. The van der Waals surface area contributed by atoms with Gasteiger partial charge in [-0.05, 0) is 17.0 Å². The molecule has 0 atom stereocenters. The van der Waals surface area contributed by atoms with Gasteiger partial charge >= 0.3 is 0 Å². The van der Waals surface area contributed by atoms with Crippen LogP contribution in [-0.2, 0) is 12.3 Å². The molecule has 2 N–H and O–H groups in total. The highest BCUT2D eigenvalue weighted by molar-refractivity contribution is 7.79. The fraction of sp³-hybridized carbons (Fsp3) is 0.200. The van der Waals surface area contributed by atoms with Crippen LogP contribution in [0.25, 0.3) is 10.1 Å². The van der Waals surface area contributed by atoms with Gasteiger partial charge in [-0.1, -0.05) is 18.2 Å². The van der Waals surface area contributed by atoms with Crippen LogP contribution in [0.2, 0.25) is 0 Å². The van der Waals surface area contributed by atoms with Crippen LogP contribution in [0, 0.1) is 0 Å². The predicted octanol–water partition coefficient (Wildman–Crippen LogP) is 2.79. The van der Waals surface area contributed by atoms with Crippen molar-refractivity contribution in [3.05, 3.63) is 34.7 Å². The van der Waals surface area contributed by atoms with Gasteiger partial charge in [-0.2, -0.15) is 12.6 Å². The van der Waals surface area contributed by atoms with E-state index in [0.29, 0.717) is 6.54 Å². The molecule has 68 valence electrons. The lowest BCUT2D eigenvalue weighted by molar-refractivity contribution is 1.09. The van der Waals surface area contributed by atoms with Gasteiger partial charge in [-0.25, -0.2) is 0 Å². The van der Waals surface area contributed by atoms with Gasteiger partial charge in [-0.15, -0.1) is 11.3 Å². The van der Waals surface area contributed by atoms with Crippen LogP contribution < -0.4 is 5.73 Å². The van der Waals surface area contributed by atoms with Gasteiger partial charge in [0.1, 0.15) is 0 Å². The number of benzene rings is 1. The van der Waals surface area contributed by atoms with Gasteiger partial charge in [0.25, 0.3) is 0 Å². The third kappa shape index (κ3) is 1.59. The average Bonchev–Trinajstić information content (AvgIpc) is 2.59. The topological polar surface area (TPSA) is 26.0 Å². The van der Waals surface area contributed by atoms with E-state index in [0.717, 1.165) is 5.75 Å². The summed E-state index contributed by atoms with van der Waals surface area (Å²) in [5.41, 5.74) is 6.89. The van der Waals surface area contributed by atoms with Crippen LogP contribution in [-0.4, -0.2) is 0 Å². The van der Waals surface area contributed by atoms with E-state index in [1.54, 1.807) is 11.3 Å². The highest BCUT2D eigenvalue weighted by Crippen LogP contribution is 2.29. The van der Waals surface area contributed by atoms with Crippen LogP contribution in [0.15, 0.2) is 24.3 Å². The summed E-state index contributed by atoms with van der Waals surface area (Å²) in [5.74, 6) is 0.809. The lowest BCUT2D eigenvalue weighted by Gasteiger charge is -1.96. The molecule has 13 heavy (non-hydrogen) atoms. The first-order chi connectivity index (χ1) is 6.35. The first-order valence-electron chi connectivity index (χ1n) is 4.16. The van der Waals surface area contributed by atoms with E-state index in [1.165, 1.54) is 20.5 Å². The van der Waals surface area contributed by atoms with Gasteiger partial charge in [0.15, 0.2) is 0 Å². The molecule has 0 bridgehead atoms. The van der Waals surface area contributed by atoms with Crippen molar-refractivity contribution in [1.82, 2.24) is 0 Å². The molecule has 0 aliphatic heterocycles. The van der Waals surface area contributed by atoms with Crippen LogP contribution in [0.5, 0.6) is 0 Å². The van der Waals surface area contributed by atoms with E-state index in [9.17, 15) is 0 Å². The molecule has 0 radical (unpaired) electrons. The maximum Gasteiger partial charge on any atom is 0.0390 e. The van der Waals surface area contributed by atoms with Crippen molar-refractivity contribution < 1.29 is 0 Å². The number of thiol groups is 1. The summed E-state index contributed by atoms with van der Waals surface area (Å²) in [7, 11) is 0. The van der Waals surface area contributed by atoms with Crippen molar-refractivity contribution in [2.24, 2.45) is 5.73 Å². The first kappa shape index (κ1) is 9.06. The second-order valence-corrected chi connectivity index (χ2v) is 4.36. The van der Waals surface area contributed by atoms with E-state index < -0.39 is 0 Å². The van der Waals surface area contributed by atoms with Crippen molar-refractivity contribution in [2.75, 3.05) is 0 Å². The second kappa shape index (κ2) is 3.70. The zero-order chi connectivity index (χ0) is 9.26. The molecule has 0 aliphatic carbocycles. The third-order valence-electron chi connectivity index (χ3n) is 2.05. The highest BCUT2D eigenvalue weighted by atomic mass is 32.1. The molecule has 0 amide bonds. The molecular formula is C10H11NS2. The second-order valence-electron chi connectivity index (χ2n) is 2.91. The summed E-state index contributed by atoms with van der Waals surface area (Å²) in [6, 6.07) is 8.45. The zero-order valence-corrected chi connectivity index (χ0v) is 8.87. The Bertz CT molecular complexity index is 420. The Hall–Kier alpha value is -0.510. The SMILES string of the molecule is NCc1cccc2cc(CS)sc12. The lowest BCUT2D eigenvalue weighted by Crippen LogP contribution is -1.95. The fourth-order valence-electron chi connectivity index (χ4n) is 1.42. The minimum atomic E-state index is 0.615. The van der Waals surface area contributed by atoms with Crippen molar-refractivity contribution >= 4 is 34.1 Å². The maximum absolute atomic E-state index is 5.65. The number of hydrogen-bond donors (Lipinski definition) is 2. The van der Waals surface area contributed by atoms with Gasteiger partial charge in [0, 0.05) is 21.9 Å². The minimum absolute atomic E-state index is 0.615. The lowest BCUT2D eigenvalue weighted by atomic mass is 10.1. The third-order valence-corrected chi connectivity index (χ3v) is 3.83. The first-order valence-corrected chi connectivity index (χ1v) is 5.61. The van der Waals surface area contributed by atoms with Crippen molar-refractivity contribution in [3.8, 4) is 0 Å². The monoisotopic (exact) mass is 209 g/mol. The van der Waals surface area contributed by atoms with Crippen LogP contribution in [0.1, 0.15) is 10.4 Å². The molecule has 1 aromatic carbocycles. The molecule has 0 aliphatic rings. The van der Waals surface area contributed by atoms with E-state index in [4.69, 9.17) is 5.73 Å². The van der Waals surface area contributed by atoms with E-state index in [1.807, 2.05) is 0 Å². The summed E-state index contributed by atoms with van der Waals surface area (Å²) in [5, 5.41) is 1.29. The summed E-state index contributed by atoms with van der Waals surface area (Å²) in [6.07, 6.45) is 0. The molecule has 0 unspecified atom stereocenters. The Morgan fingerprint density at radius 2 is 2.23 bits per heavy atom. The summed E-state index contributed by atoms with van der Waals surface area (Å²) in [6.45, 7) is 0.615. The molecule has 2 rings (SSSR count). The summed E-state index contributed by atoms with van der Waals surface area (Å²) in [4.78, 5) is 1.30. The number of nitrogens with two attached hydrogens (primary N) is 1. The number of thiophene rings is 1. The molecule has 0 fully saturated rings. The van der Waals surface area contributed by atoms with Gasteiger partial charge in [0.05, 0.1) is 0 Å². The largest absolute Gasteiger partial charge is 0.326 e. The highest BCUT2D eigenvalue weighted by Gasteiger charge is 2.03. The van der Waals surface area contributed by atoms with Crippen molar-refractivity contribution in [2.45, 2.75) is 12.3 Å². The Morgan fingerprint density at radius 1 is 1.38 bits per heavy atom. The molecular weight excluding hydrogens is 198 g/mol. The number of hydrogen-bond acceptors (Lipinski definition) is 3. The maximum atomic E-state index is 5.65. The Morgan fingerprint density at radius 3 is 2.92 bits per heavy atom.